The van der Waals surface area contributed by atoms with Crippen LogP contribution in [0.15, 0.2) is 71.9 Å². The number of benzene rings is 2. The molecule has 8 heteroatoms. The fourth-order valence-corrected chi connectivity index (χ4v) is 5.19. The van der Waals surface area contributed by atoms with Gasteiger partial charge in [-0.2, -0.15) is 13.1 Å². The minimum Gasteiger partial charge on any atom is -0.264 e. The van der Waals surface area contributed by atoms with E-state index in [-0.39, 0.29) is 18.0 Å². The Balaban J connectivity index is 1.79. The standard InChI is InChI=1S/C20H18N4O2S2/c1-15-6-2-3-8-17(15)14-24(13-16-7-5-11-21-12-16)28(25,26)19-10-4-9-18-20(19)23-27-22-18/h2-12H,13-14H2,1H3. The van der Waals surface area contributed by atoms with Gasteiger partial charge in [0, 0.05) is 25.5 Å². The molecule has 2 aromatic heterocycles. The zero-order chi connectivity index (χ0) is 19.6. The predicted octanol–water partition coefficient (Wildman–Crippen LogP) is 3.79. The molecule has 0 fully saturated rings. The second-order valence-corrected chi connectivity index (χ2v) is 8.88. The van der Waals surface area contributed by atoms with Gasteiger partial charge in [-0.3, -0.25) is 4.98 Å². The van der Waals surface area contributed by atoms with Crippen LogP contribution in [0.2, 0.25) is 0 Å². The Morgan fingerprint density at radius 2 is 1.82 bits per heavy atom. The zero-order valence-corrected chi connectivity index (χ0v) is 16.8. The highest BCUT2D eigenvalue weighted by molar-refractivity contribution is 7.89. The largest absolute Gasteiger partial charge is 0.264 e. The minimum atomic E-state index is -3.80. The van der Waals surface area contributed by atoms with Gasteiger partial charge in [0.15, 0.2) is 0 Å². The van der Waals surface area contributed by atoms with Crippen molar-refractivity contribution in [3.8, 4) is 0 Å². The molecule has 0 amide bonds. The molecule has 2 aromatic carbocycles. The van der Waals surface area contributed by atoms with E-state index in [1.54, 1.807) is 36.7 Å². The molecule has 0 unspecified atom stereocenters. The first kappa shape index (κ1) is 18.7. The van der Waals surface area contributed by atoms with E-state index in [0.29, 0.717) is 11.0 Å². The molecule has 6 nitrogen and oxygen atoms in total. The van der Waals surface area contributed by atoms with Crippen molar-refractivity contribution in [1.82, 2.24) is 18.0 Å². The maximum Gasteiger partial charge on any atom is 0.245 e. The van der Waals surface area contributed by atoms with E-state index in [2.05, 4.69) is 13.7 Å². The highest BCUT2D eigenvalue weighted by atomic mass is 32.2. The third kappa shape index (κ3) is 3.66. The van der Waals surface area contributed by atoms with Gasteiger partial charge in [0.05, 0.1) is 11.7 Å². The maximum absolute atomic E-state index is 13.6. The predicted molar refractivity (Wildman–Crippen MR) is 109 cm³/mol. The van der Waals surface area contributed by atoms with Crippen LogP contribution in [0.5, 0.6) is 0 Å². The summed E-state index contributed by atoms with van der Waals surface area (Å²) in [5.41, 5.74) is 3.82. The first-order valence-corrected chi connectivity index (χ1v) is 10.9. The van der Waals surface area contributed by atoms with Crippen molar-refractivity contribution in [2.75, 3.05) is 0 Å². The molecule has 0 spiro atoms. The maximum atomic E-state index is 13.6. The molecular weight excluding hydrogens is 392 g/mol. The van der Waals surface area contributed by atoms with E-state index in [0.717, 1.165) is 28.4 Å². The monoisotopic (exact) mass is 410 g/mol. The summed E-state index contributed by atoms with van der Waals surface area (Å²) < 4.78 is 37.1. The van der Waals surface area contributed by atoms with Crippen molar-refractivity contribution in [2.24, 2.45) is 0 Å². The summed E-state index contributed by atoms with van der Waals surface area (Å²) in [6, 6.07) is 16.5. The lowest BCUT2D eigenvalue weighted by molar-refractivity contribution is 0.400. The first-order chi connectivity index (χ1) is 13.6. The molecule has 142 valence electrons. The third-order valence-electron chi connectivity index (χ3n) is 4.56. The SMILES string of the molecule is Cc1ccccc1CN(Cc1cccnc1)S(=O)(=O)c1cccc2nsnc12. The fraction of sp³-hybridized carbons (Fsp3) is 0.150. The Morgan fingerprint density at radius 1 is 0.964 bits per heavy atom. The van der Waals surface area contributed by atoms with Crippen molar-refractivity contribution >= 4 is 32.8 Å². The number of pyridine rings is 1. The summed E-state index contributed by atoms with van der Waals surface area (Å²) in [6.07, 6.45) is 3.36. The van der Waals surface area contributed by atoms with E-state index in [1.807, 2.05) is 37.3 Å². The molecule has 0 N–H and O–H groups in total. The van der Waals surface area contributed by atoms with Gasteiger partial charge in [-0.25, -0.2) is 8.42 Å². The molecule has 28 heavy (non-hydrogen) atoms. The molecule has 0 aliphatic rings. The number of aromatic nitrogens is 3. The van der Waals surface area contributed by atoms with E-state index in [1.165, 1.54) is 4.31 Å². The second-order valence-electron chi connectivity index (χ2n) is 6.45. The number of nitrogens with zero attached hydrogens (tertiary/aromatic N) is 4. The van der Waals surface area contributed by atoms with Gasteiger partial charge in [0.2, 0.25) is 10.0 Å². The molecule has 0 saturated carbocycles. The molecule has 0 bridgehead atoms. The number of rotatable bonds is 6. The highest BCUT2D eigenvalue weighted by Crippen LogP contribution is 2.27. The Morgan fingerprint density at radius 3 is 2.61 bits per heavy atom. The third-order valence-corrected chi connectivity index (χ3v) is 6.92. The van der Waals surface area contributed by atoms with Crippen LogP contribution in [0.1, 0.15) is 16.7 Å². The number of fused-ring (bicyclic) bond motifs is 1. The quantitative estimate of drug-likeness (QED) is 0.483. The van der Waals surface area contributed by atoms with Crippen molar-refractivity contribution in [3.63, 3.8) is 0 Å². The normalized spacial score (nSPS) is 11.9. The van der Waals surface area contributed by atoms with E-state index in [9.17, 15) is 8.42 Å². The minimum absolute atomic E-state index is 0.177. The molecule has 0 atom stereocenters. The van der Waals surface area contributed by atoms with Gasteiger partial charge >= 0.3 is 0 Å². The lowest BCUT2D eigenvalue weighted by Gasteiger charge is -2.23. The summed E-state index contributed by atoms with van der Waals surface area (Å²) in [4.78, 5) is 4.29. The Kier molecular flexibility index (Phi) is 5.17. The van der Waals surface area contributed by atoms with Gasteiger partial charge in [-0.1, -0.05) is 36.4 Å². The number of hydrogen-bond acceptors (Lipinski definition) is 6. The van der Waals surface area contributed by atoms with E-state index < -0.39 is 10.0 Å². The second kappa shape index (κ2) is 7.75. The van der Waals surface area contributed by atoms with Gasteiger partial charge in [0.25, 0.3) is 0 Å². The number of aryl methyl sites for hydroxylation is 1. The van der Waals surface area contributed by atoms with Crippen molar-refractivity contribution < 1.29 is 8.42 Å². The Bertz CT molecular complexity index is 1210. The molecule has 0 radical (unpaired) electrons. The van der Waals surface area contributed by atoms with Crippen LogP contribution in [-0.4, -0.2) is 26.5 Å². The Hall–Kier alpha value is -2.68. The molecule has 0 aliphatic heterocycles. The molecule has 2 heterocycles. The van der Waals surface area contributed by atoms with Gasteiger partial charge < -0.3 is 0 Å². The van der Waals surface area contributed by atoms with Gasteiger partial charge in [-0.15, -0.1) is 0 Å². The number of sulfonamides is 1. The molecule has 4 aromatic rings. The lowest BCUT2D eigenvalue weighted by Crippen LogP contribution is -2.30. The molecule has 0 aliphatic carbocycles. The molecule has 0 saturated heterocycles. The summed E-state index contributed by atoms with van der Waals surface area (Å²) in [5, 5.41) is 0. The average Bonchev–Trinajstić information content (AvgIpc) is 3.18. The smallest absolute Gasteiger partial charge is 0.245 e. The molecule has 4 rings (SSSR count). The van der Waals surface area contributed by atoms with Crippen LogP contribution in [0, 0.1) is 6.92 Å². The Labute approximate surface area is 167 Å². The summed E-state index contributed by atoms with van der Waals surface area (Å²) in [6.45, 7) is 2.46. The van der Waals surface area contributed by atoms with Crippen LogP contribution in [0.3, 0.4) is 0 Å². The van der Waals surface area contributed by atoms with Crippen molar-refractivity contribution in [1.29, 1.82) is 0 Å². The van der Waals surface area contributed by atoms with Crippen LogP contribution in [0.25, 0.3) is 11.0 Å². The first-order valence-electron chi connectivity index (χ1n) is 8.70. The summed E-state index contributed by atoms with van der Waals surface area (Å²) >= 11 is 1.01. The summed E-state index contributed by atoms with van der Waals surface area (Å²) in [5.74, 6) is 0. The van der Waals surface area contributed by atoms with Crippen molar-refractivity contribution in [3.05, 3.63) is 83.7 Å². The van der Waals surface area contributed by atoms with Crippen LogP contribution in [0.4, 0.5) is 0 Å². The van der Waals surface area contributed by atoms with Crippen LogP contribution in [-0.2, 0) is 23.1 Å². The summed E-state index contributed by atoms with van der Waals surface area (Å²) in [7, 11) is -3.80. The molecular formula is C20H18N4O2S2. The van der Waals surface area contributed by atoms with Crippen LogP contribution >= 0.6 is 11.7 Å². The zero-order valence-electron chi connectivity index (χ0n) is 15.2. The van der Waals surface area contributed by atoms with E-state index in [4.69, 9.17) is 0 Å². The average molecular weight is 411 g/mol. The number of hydrogen-bond donors (Lipinski definition) is 0. The van der Waals surface area contributed by atoms with Gasteiger partial charge in [-0.05, 0) is 41.8 Å². The topological polar surface area (TPSA) is 76.1 Å². The van der Waals surface area contributed by atoms with Crippen LogP contribution < -0.4 is 0 Å². The highest BCUT2D eigenvalue weighted by Gasteiger charge is 2.28. The fourth-order valence-electron chi connectivity index (χ4n) is 3.03. The van der Waals surface area contributed by atoms with E-state index >= 15 is 0 Å². The van der Waals surface area contributed by atoms with Crippen molar-refractivity contribution in [2.45, 2.75) is 24.9 Å². The lowest BCUT2D eigenvalue weighted by atomic mass is 10.1. The van der Waals surface area contributed by atoms with Gasteiger partial charge in [0.1, 0.15) is 15.9 Å².